The lowest BCUT2D eigenvalue weighted by Gasteiger charge is -2.24. The molecule has 27 heavy (non-hydrogen) atoms. The van der Waals surface area contributed by atoms with Gasteiger partial charge in [-0.05, 0) is 62.7 Å². The van der Waals surface area contributed by atoms with Crippen molar-refractivity contribution in [1.29, 1.82) is 0 Å². The van der Waals surface area contributed by atoms with Gasteiger partial charge in [0.15, 0.2) is 5.65 Å². The molecule has 3 aromatic rings. The van der Waals surface area contributed by atoms with Crippen LogP contribution in [0.15, 0.2) is 30.7 Å². The van der Waals surface area contributed by atoms with Crippen LogP contribution in [0.1, 0.15) is 43.6 Å². The maximum absolute atomic E-state index is 4.87. The van der Waals surface area contributed by atoms with Crippen LogP contribution >= 0.6 is 0 Å². The summed E-state index contributed by atoms with van der Waals surface area (Å²) >= 11 is 0. The Bertz CT molecular complexity index is 925. The Hall–Kier alpha value is -2.54. The fourth-order valence-corrected chi connectivity index (χ4v) is 3.94. The maximum Gasteiger partial charge on any atom is 0.223 e. The van der Waals surface area contributed by atoms with E-state index in [4.69, 9.17) is 9.97 Å². The van der Waals surface area contributed by atoms with Crippen molar-refractivity contribution < 1.29 is 0 Å². The molecule has 0 amide bonds. The predicted octanol–water partition coefficient (Wildman–Crippen LogP) is 2.87. The molecule has 7 heteroatoms. The first-order chi connectivity index (χ1) is 13.4. The van der Waals surface area contributed by atoms with Crippen molar-refractivity contribution in [3.05, 3.63) is 36.3 Å². The highest BCUT2D eigenvalue weighted by Gasteiger charge is 2.24. The van der Waals surface area contributed by atoms with E-state index < -0.39 is 0 Å². The molecule has 2 N–H and O–H groups in total. The smallest absolute Gasteiger partial charge is 0.223 e. The molecule has 1 aliphatic heterocycles. The van der Waals surface area contributed by atoms with Gasteiger partial charge >= 0.3 is 0 Å². The highest BCUT2D eigenvalue weighted by molar-refractivity contribution is 5.60. The van der Waals surface area contributed by atoms with E-state index in [1.54, 1.807) is 0 Å². The van der Waals surface area contributed by atoms with E-state index >= 15 is 0 Å². The topological polar surface area (TPSA) is 80.0 Å². The number of anilines is 1. The summed E-state index contributed by atoms with van der Waals surface area (Å²) in [6, 6.07) is 3.90. The van der Waals surface area contributed by atoms with Gasteiger partial charge in [-0.2, -0.15) is 5.10 Å². The lowest BCUT2D eigenvalue weighted by molar-refractivity contribution is 0.389. The lowest BCUT2D eigenvalue weighted by Crippen LogP contribution is -2.31. The van der Waals surface area contributed by atoms with Crippen LogP contribution < -0.4 is 10.6 Å². The van der Waals surface area contributed by atoms with E-state index in [0.29, 0.717) is 17.8 Å². The second-order valence-corrected chi connectivity index (χ2v) is 7.65. The Labute approximate surface area is 158 Å². The second-order valence-electron chi connectivity index (χ2n) is 7.65. The summed E-state index contributed by atoms with van der Waals surface area (Å²) in [4.78, 5) is 14.0. The number of hydrogen-bond acceptors (Lipinski definition) is 6. The van der Waals surface area contributed by atoms with Gasteiger partial charge in [0.25, 0.3) is 0 Å². The van der Waals surface area contributed by atoms with Gasteiger partial charge < -0.3 is 10.6 Å². The fourth-order valence-electron chi connectivity index (χ4n) is 3.94. The van der Waals surface area contributed by atoms with Crippen molar-refractivity contribution >= 4 is 11.6 Å². The first kappa shape index (κ1) is 16.6. The lowest BCUT2D eigenvalue weighted by atomic mass is 9.81. The van der Waals surface area contributed by atoms with Crippen LogP contribution in [0.25, 0.3) is 17.0 Å². The molecule has 1 aliphatic carbocycles. The molecule has 0 radical (unpaired) electrons. The van der Waals surface area contributed by atoms with Crippen molar-refractivity contribution in [3.63, 3.8) is 0 Å². The minimum absolute atomic E-state index is 0.609. The van der Waals surface area contributed by atoms with Crippen molar-refractivity contribution in [1.82, 2.24) is 29.9 Å². The number of fused-ring (bicyclic) bond motifs is 1. The summed E-state index contributed by atoms with van der Waals surface area (Å²) < 4.78 is 1.87. The number of aromatic nitrogens is 5. The van der Waals surface area contributed by atoms with Crippen LogP contribution in [0.3, 0.4) is 0 Å². The first-order valence-corrected chi connectivity index (χ1v) is 9.99. The van der Waals surface area contributed by atoms with Gasteiger partial charge in [0.05, 0.1) is 17.6 Å². The third-order valence-electron chi connectivity index (χ3n) is 5.87. The zero-order valence-corrected chi connectivity index (χ0v) is 15.4. The number of nitrogens with zero attached hydrogens (tertiary/aromatic N) is 5. The minimum Gasteiger partial charge on any atom is -0.354 e. The van der Waals surface area contributed by atoms with Gasteiger partial charge in [-0.1, -0.05) is 6.42 Å². The SMILES string of the molecule is c1cc(-c2ccn3ncc(C4CCC4)c3n2)nc(NCC2CCNCC2)n1. The standard InChI is InChI=1S/C20H25N7/c1-2-15(3-1)16-13-24-27-11-7-18(25-19(16)27)17-6-10-22-20(26-17)23-12-14-4-8-21-9-5-14/h6-7,10-11,13-15,21H,1-5,8-9,12H2,(H,22,23,26). The van der Waals surface area contributed by atoms with E-state index in [1.165, 1.54) is 37.7 Å². The molecular formula is C20H25N7. The predicted molar refractivity (Wildman–Crippen MR) is 105 cm³/mol. The van der Waals surface area contributed by atoms with Crippen molar-refractivity contribution in [2.75, 3.05) is 25.0 Å². The van der Waals surface area contributed by atoms with E-state index in [-0.39, 0.29) is 0 Å². The molecule has 3 aromatic heterocycles. The Morgan fingerprint density at radius 1 is 1.07 bits per heavy atom. The summed E-state index contributed by atoms with van der Waals surface area (Å²) in [5, 5.41) is 11.3. The Morgan fingerprint density at radius 2 is 1.93 bits per heavy atom. The van der Waals surface area contributed by atoms with Crippen LogP contribution in [0.2, 0.25) is 0 Å². The van der Waals surface area contributed by atoms with E-state index in [2.05, 4.69) is 20.7 Å². The molecule has 0 aromatic carbocycles. The summed E-state index contributed by atoms with van der Waals surface area (Å²) in [5.41, 5.74) is 3.94. The Morgan fingerprint density at radius 3 is 2.74 bits per heavy atom. The monoisotopic (exact) mass is 363 g/mol. The molecule has 0 atom stereocenters. The largest absolute Gasteiger partial charge is 0.354 e. The molecule has 5 rings (SSSR count). The van der Waals surface area contributed by atoms with Gasteiger partial charge in [-0.25, -0.2) is 19.5 Å². The molecule has 2 fully saturated rings. The highest BCUT2D eigenvalue weighted by Crippen LogP contribution is 2.38. The van der Waals surface area contributed by atoms with Crippen LogP contribution in [0, 0.1) is 5.92 Å². The van der Waals surface area contributed by atoms with E-state index in [9.17, 15) is 0 Å². The third kappa shape index (κ3) is 3.39. The number of hydrogen-bond donors (Lipinski definition) is 2. The number of nitrogens with one attached hydrogen (secondary N) is 2. The zero-order valence-electron chi connectivity index (χ0n) is 15.4. The summed E-state index contributed by atoms with van der Waals surface area (Å²) in [6.45, 7) is 3.13. The van der Waals surface area contributed by atoms with Crippen LogP contribution in [-0.2, 0) is 0 Å². The highest BCUT2D eigenvalue weighted by atomic mass is 15.2. The van der Waals surface area contributed by atoms with Crippen LogP contribution in [0.5, 0.6) is 0 Å². The maximum atomic E-state index is 4.87. The Balaban J connectivity index is 1.37. The quantitative estimate of drug-likeness (QED) is 0.726. The molecule has 2 aliphatic rings. The molecule has 140 valence electrons. The van der Waals surface area contributed by atoms with Gasteiger partial charge in [-0.15, -0.1) is 0 Å². The van der Waals surface area contributed by atoms with Gasteiger partial charge in [0.1, 0.15) is 0 Å². The molecule has 0 spiro atoms. The van der Waals surface area contributed by atoms with Crippen molar-refractivity contribution in [3.8, 4) is 11.4 Å². The molecule has 4 heterocycles. The van der Waals surface area contributed by atoms with Crippen molar-refractivity contribution in [2.45, 2.75) is 38.0 Å². The van der Waals surface area contributed by atoms with Gasteiger partial charge in [-0.3, -0.25) is 0 Å². The molecule has 1 saturated heterocycles. The van der Waals surface area contributed by atoms with E-state index in [1.807, 2.05) is 35.2 Å². The summed E-state index contributed by atoms with van der Waals surface area (Å²) in [5.74, 6) is 1.98. The normalized spacial score (nSPS) is 18.5. The van der Waals surface area contributed by atoms with E-state index in [0.717, 1.165) is 36.7 Å². The molecular weight excluding hydrogens is 338 g/mol. The molecule has 0 unspecified atom stereocenters. The Kier molecular flexibility index (Phi) is 4.45. The molecule has 7 nitrogen and oxygen atoms in total. The summed E-state index contributed by atoms with van der Waals surface area (Å²) in [7, 11) is 0. The first-order valence-electron chi connectivity index (χ1n) is 9.99. The van der Waals surface area contributed by atoms with Crippen LogP contribution in [0.4, 0.5) is 5.95 Å². The summed E-state index contributed by atoms with van der Waals surface area (Å²) in [6.07, 6.45) is 12.0. The average molecular weight is 363 g/mol. The number of rotatable bonds is 5. The van der Waals surface area contributed by atoms with Gasteiger partial charge in [0.2, 0.25) is 5.95 Å². The van der Waals surface area contributed by atoms with Crippen molar-refractivity contribution in [2.24, 2.45) is 5.92 Å². The molecule has 0 bridgehead atoms. The third-order valence-corrected chi connectivity index (χ3v) is 5.87. The number of piperidine rings is 1. The average Bonchev–Trinajstić information content (AvgIpc) is 3.09. The minimum atomic E-state index is 0.609. The molecule has 1 saturated carbocycles. The van der Waals surface area contributed by atoms with Crippen LogP contribution in [-0.4, -0.2) is 44.2 Å². The zero-order chi connectivity index (χ0) is 18.1. The fraction of sp³-hybridized carbons (Fsp3) is 0.500. The second kappa shape index (κ2) is 7.23. The van der Waals surface area contributed by atoms with Gasteiger partial charge in [0, 0.05) is 24.5 Å².